The lowest BCUT2D eigenvalue weighted by atomic mass is 10.0. The Bertz CT molecular complexity index is 1180. The van der Waals surface area contributed by atoms with Crippen LogP contribution >= 0.6 is 0 Å². The van der Waals surface area contributed by atoms with E-state index in [0.717, 1.165) is 12.9 Å². The van der Waals surface area contributed by atoms with Gasteiger partial charge in [-0.2, -0.15) is 0 Å². The number of amides is 1. The Morgan fingerprint density at radius 1 is 0.838 bits per heavy atom. The first-order valence-corrected chi connectivity index (χ1v) is 11.3. The zero-order chi connectivity index (χ0) is 26.8. The van der Waals surface area contributed by atoms with Gasteiger partial charge in [-0.25, -0.2) is 4.79 Å². The van der Waals surface area contributed by atoms with Crippen LogP contribution in [0.4, 0.5) is 18.9 Å². The van der Waals surface area contributed by atoms with E-state index in [-0.39, 0.29) is 12.3 Å². The summed E-state index contributed by atoms with van der Waals surface area (Å²) in [7, 11) is 2.54. The van der Waals surface area contributed by atoms with Crippen LogP contribution in [0.25, 0.3) is 11.1 Å². The monoisotopic (exact) mass is 517 g/mol. The van der Waals surface area contributed by atoms with E-state index in [9.17, 15) is 22.8 Å². The molecular weight excluding hydrogens is 491 g/mol. The van der Waals surface area contributed by atoms with Crippen molar-refractivity contribution in [2.75, 3.05) is 32.3 Å². The fraction of sp³-hybridized carbons (Fsp3) is 0.259. The summed E-state index contributed by atoms with van der Waals surface area (Å²) in [5.41, 5.74) is 1.47. The fourth-order valence-electron chi connectivity index (χ4n) is 3.54. The molecule has 1 amide bonds. The average molecular weight is 518 g/mol. The van der Waals surface area contributed by atoms with Gasteiger partial charge in [0.05, 0.1) is 26.5 Å². The largest absolute Gasteiger partial charge is 0.573 e. The summed E-state index contributed by atoms with van der Waals surface area (Å²) < 4.78 is 57.1. The van der Waals surface area contributed by atoms with Crippen LogP contribution in [0.2, 0.25) is 0 Å². The summed E-state index contributed by atoms with van der Waals surface area (Å²) in [5, 5.41) is 0. The molecule has 196 valence electrons. The van der Waals surface area contributed by atoms with Gasteiger partial charge in [0.15, 0.2) is 0 Å². The van der Waals surface area contributed by atoms with Crippen LogP contribution in [-0.2, 0) is 14.3 Å². The van der Waals surface area contributed by atoms with Gasteiger partial charge in [-0.1, -0.05) is 36.4 Å². The molecule has 0 fully saturated rings. The van der Waals surface area contributed by atoms with Crippen molar-refractivity contribution >= 4 is 17.6 Å². The number of anilines is 1. The second-order valence-corrected chi connectivity index (χ2v) is 7.78. The minimum absolute atomic E-state index is 0.171. The molecule has 0 aromatic heterocycles. The zero-order valence-electron chi connectivity index (χ0n) is 20.3. The SMILES string of the molecule is COC(=O)C(=O)N(CCCCOc1ccccc1)c1cc(-c2ccc(OC(F)(F)F)cc2)ccc1OC. The number of methoxy groups -OCH3 is 2. The fourth-order valence-corrected chi connectivity index (χ4v) is 3.54. The molecule has 3 aromatic rings. The predicted octanol–water partition coefficient (Wildman–Crippen LogP) is 5.63. The van der Waals surface area contributed by atoms with Gasteiger partial charge in [-0.3, -0.25) is 9.69 Å². The summed E-state index contributed by atoms with van der Waals surface area (Å²) >= 11 is 0. The third-order valence-corrected chi connectivity index (χ3v) is 5.28. The molecule has 10 heteroatoms. The summed E-state index contributed by atoms with van der Waals surface area (Å²) in [6, 6.07) is 19.5. The molecule has 0 N–H and O–H groups in total. The van der Waals surface area contributed by atoms with E-state index in [1.54, 1.807) is 18.2 Å². The molecule has 0 aliphatic carbocycles. The van der Waals surface area contributed by atoms with Crippen molar-refractivity contribution < 1.29 is 41.7 Å². The Morgan fingerprint density at radius 3 is 2.14 bits per heavy atom. The van der Waals surface area contributed by atoms with Gasteiger partial charge in [-0.05, 0) is 60.4 Å². The number of ether oxygens (including phenoxy) is 4. The molecule has 3 aromatic carbocycles. The van der Waals surface area contributed by atoms with Crippen molar-refractivity contribution in [3.05, 3.63) is 72.8 Å². The molecule has 7 nitrogen and oxygen atoms in total. The van der Waals surface area contributed by atoms with Gasteiger partial charge in [0.25, 0.3) is 0 Å². The molecule has 3 rings (SSSR count). The van der Waals surface area contributed by atoms with Crippen molar-refractivity contribution in [2.24, 2.45) is 0 Å². The van der Waals surface area contributed by atoms with Crippen molar-refractivity contribution in [1.82, 2.24) is 0 Å². The average Bonchev–Trinajstić information content (AvgIpc) is 2.89. The van der Waals surface area contributed by atoms with Crippen LogP contribution < -0.4 is 19.1 Å². The summed E-state index contributed by atoms with van der Waals surface area (Å²) in [6.07, 6.45) is -3.69. The first kappa shape index (κ1) is 27.4. The van der Waals surface area contributed by atoms with Crippen molar-refractivity contribution in [1.29, 1.82) is 0 Å². The van der Waals surface area contributed by atoms with Crippen molar-refractivity contribution in [2.45, 2.75) is 19.2 Å². The van der Waals surface area contributed by atoms with Crippen LogP contribution in [0, 0.1) is 0 Å². The highest BCUT2D eigenvalue weighted by atomic mass is 19.4. The van der Waals surface area contributed by atoms with E-state index >= 15 is 0 Å². The molecule has 37 heavy (non-hydrogen) atoms. The molecule has 0 spiro atoms. The smallest absolute Gasteiger partial charge is 0.495 e. The third kappa shape index (κ3) is 7.89. The highest BCUT2D eigenvalue weighted by Crippen LogP contribution is 2.35. The van der Waals surface area contributed by atoms with E-state index in [2.05, 4.69) is 9.47 Å². The number of carbonyl (C=O) groups excluding carboxylic acids is 2. The Kier molecular flexibility index (Phi) is 9.37. The normalized spacial score (nSPS) is 10.9. The maximum absolute atomic E-state index is 12.9. The Labute approximate surface area is 212 Å². The third-order valence-electron chi connectivity index (χ3n) is 5.28. The number of esters is 1. The molecule has 0 atom stereocenters. The van der Waals surface area contributed by atoms with Crippen LogP contribution in [0.3, 0.4) is 0 Å². The van der Waals surface area contributed by atoms with Crippen molar-refractivity contribution in [3.8, 4) is 28.4 Å². The van der Waals surface area contributed by atoms with Crippen molar-refractivity contribution in [3.63, 3.8) is 0 Å². The van der Waals surface area contributed by atoms with Gasteiger partial charge in [0.1, 0.15) is 17.2 Å². The summed E-state index contributed by atoms with van der Waals surface area (Å²) in [6.45, 7) is 0.581. The van der Waals surface area contributed by atoms with Gasteiger partial charge in [0, 0.05) is 6.54 Å². The molecule has 0 saturated heterocycles. The van der Waals surface area contributed by atoms with Crippen LogP contribution in [0.15, 0.2) is 72.8 Å². The second kappa shape index (κ2) is 12.7. The number of rotatable bonds is 10. The standard InChI is InChI=1S/C27H26F3NO6/c1-34-24-15-12-20(19-10-13-22(14-11-19)37-27(28,29)30)18-23(24)31(25(32)26(33)35-2)16-6-7-17-36-21-8-4-3-5-9-21/h3-5,8-15,18H,6-7,16-17H2,1-2H3. The predicted molar refractivity (Wildman–Crippen MR) is 131 cm³/mol. The van der Waals surface area contributed by atoms with E-state index in [1.165, 1.54) is 36.3 Å². The topological polar surface area (TPSA) is 74.3 Å². The lowest BCUT2D eigenvalue weighted by Gasteiger charge is -2.24. The summed E-state index contributed by atoms with van der Waals surface area (Å²) in [5.74, 6) is -1.22. The highest BCUT2D eigenvalue weighted by molar-refractivity contribution is 6.38. The minimum atomic E-state index is -4.80. The molecule has 0 aliphatic heterocycles. The van der Waals surface area contributed by atoms with E-state index in [4.69, 9.17) is 9.47 Å². The first-order chi connectivity index (χ1) is 17.7. The number of unbranched alkanes of at least 4 members (excludes halogenated alkanes) is 1. The number of benzene rings is 3. The highest BCUT2D eigenvalue weighted by Gasteiger charge is 2.31. The Balaban J connectivity index is 1.80. The van der Waals surface area contributed by atoms with Crippen LogP contribution in [-0.4, -0.2) is 45.6 Å². The van der Waals surface area contributed by atoms with Gasteiger partial charge in [0.2, 0.25) is 0 Å². The van der Waals surface area contributed by atoms with Gasteiger partial charge in [-0.15, -0.1) is 13.2 Å². The van der Waals surface area contributed by atoms with Crippen LogP contribution in [0.5, 0.6) is 17.2 Å². The van der Waals surface area contributed by atoms with Gasteiger partial charge >= 0.3 is 18.2 Å². The number of halogens is 3. The number of hydrogen-bond acceptors (Lipinski definition) is 6. The molecular formula is C27H26F3NO6. The second-order valence-electron chi connectivity index (χ2n) is 7.78. The first-order valence-electron chi connectivity index (χ1n) is 11.3. The van der Waals surface area contributed by atoms with Crippen LogP contribution in [0.1, 0.15) is 12.8 Å². The maximum Gasteiger partial charge on any atom is 0.573 e. The number of hydrogen-bond donors (Lipinski definition) is 0. The van der Waals surface area contributed by atoms with E-state index in [1.807, 2.05) is 30.3 Å². The number of nitrogens with zero attached hydrogens (tertiary/aromatic N) is 1. The Hall–Kier alpha value is -4.21. The zero-order valence-corrected chi connectivity index (χ0v) is 20.3. The molecule has 0 radical (unpaired) electrons. The number of alkyl halides is 3. The lowest BCUT2D eigenvalue weighted by molar-refractivity contribution is -0.274. The number of para-hydroxylation sites is 1. The summed E-state index contributed by atoms with van der Waals surface area (Å²) in [4.78, 5) is 26.3. The lowest BCUT2D eigenvalue weighted by Crippen LogP contribution is -2.38. The van der Waals surface area contributed by atoms with Gasteiger partial charge < -0.3 is 18.9 Å². The molecule has 0 unspecified atom stereocenters. The minimum Gasteiger partial charge on any atom is -0.495 e. The molecule has 0 bridgehead atoms. The van der Waals surface area contributed by atoms with E-state index < -0.39 is 18.2 Å². The molecule has 0 saturated carbocycles. The molecule has 0 aliphatic rings. The number of carbonyl (C=O) groups is 2. The maximum atomic E-state index is 12.9. The quantitative estimate of drug-likeness (QED) is 0.197. The van der Waals surface area contributed by atoms with E-state index in [0.29, 0.717) is 42.0 Å². The molecule has 0 heterocycles. The Morgan fingerprint density at radius 2 is 1.51 bits per heavy atom.